The summed E-state index contributed by atoms with van der Waals surface area (Å²) in [4.78, 5) is 81.4. The van der Waals surface area contributed by atoms with E-state index in [0.717, 1.165) is 32.8 Å². The van der Waals surface area contributed by atoms with Crippen LogP contribution in [-0.2, 0) is 31.1 Å². The van der Waals surface area contributed by atoms with Gasteiger partial charge in [-0.15, -0.1) is 16.9 Å². The number of anilines is 1. The number of oxime groups is 1. The summed E-state index contributed by atoms with van der Waals surface area (Å²) in [6, 6.07) is -1.15. The topological polar surface area (TPSA) is 265 Å². The number of carboxylic acid groups (broad SMARTS) is 2. The van der Waals surface area contributed by atoms with E-state index in [1.807, 2.05) is 0 Å². The smallest absolute Gasteiger partial charge is 0.352 e. The number of hydrogen-bond donors (Lipinski definition) is 5. The highest BCUT2D eigenvalue weighted by Crippen LogP contribution is 2.41. The molecule has 21 heteroatoms. The first-order valence-electron chi connectivity index (χ1n) is 10.5. The average molecular weight is 600 g/mol. The quantitative estimate of drug-likeness (QED) is 0.0608. The fourth-order valence-electron chi connectivity index (χ4n) is 3.41. The number of nitrogen functional groups attached to an aromatic ring is 1. The summed E-state index contributed by atoms with van der Waals surface area (Å²) in [5, 5.41) is 29.7. The van der Waals surface area contributed by atoms with Gasteiger partial charge in [-0.2, -0.15) is 9.36 Å². The van der Waals surface area contributed by atoms with Crippen molar-refractivity contribution in [2.45, 2.75) is 16.6 Å². The number of carbonyl (C=O) groups is 4. The van der Waals surface area contributed by atoms with Crippen molar-refractivity contribution in [2.75, 3.05) is 23.8 Å². The van der Waals surface area contributed by atoms with E-state index in [0.29, 0.717) is 5.57 Å². The van der Waals surface area contributed by atoms with Crippen molar-refractivity contribution in [3.8, 4) is 0 Å². The van der Waals surface area contributed by atoms with Gasteiger partial charge in [-0.3, -0.25) is 28.6 Å². The second kappa shape index (κ2) is 11.2. The normalized spacial score (nSPS) is 18.8. The number of carboxylic acids is 2. The molecule has 4 rings (SSSR count). The molecular formula is C18H17N9O9S3. The summed E-state index contributed by atoms with van der Waals surface area (Å²) in [7, 11) is 1.34. The van der Waals surface area contributed by atoms with Crippen molar-refractivity contribution in [1.29, 1.82) is 0 Å². The van der Waals surface area contributed by atoms with E-state index < -0.39 is 58.6 Å². The highest BCUT2D eigenvalue weighted by Gasteiger charge is 2.54. The number of H-pyrrole nitrogens is 1. The van der Waals surface area contributed by atoms with Crippen LogP contribution in [0.15, 0.2) is 31.2 Å². The Labute approximate surface area is 228 Å². The van der Waals surface area contributed by atoms with Crippen LogP contribution in [0.5, 0.6) is 0 Å². The van der Waals surface area contributed by atoms with Crippen LogP contribution >= 0.6 is 35.1 Å². The number of nitrogens with zero attached hydrogens (tertiary/aromatic N) is 6. The highest BCUT2D eigenvalue weighted by atomic mass is 32.2. The van der Waals surface area contributed by atoms with Gasteiger partial charge in [-0.1, -0.05) is 16.9 Å². The molecule has 2 atom stereocenters. The Bertz CT molecular complexity index is 1550. The standard InChI is InChI=1S/C18H17N9O9S3/c1-26-14(33)12(31)22-23-18(26)38-4-5-3-37-15-8(13(32)27(15)9(5)16(34)35)20-11(30)7(24-36-2-6(28)29)10-21-17(19)39-25-10/h8,15H,2-4H2,1H3,(H,20,30)(H,22,31)(H,28,29)(H,34,35)(H2,19,21,25)/b24-7-/t8?,15-/m1/s1. The first-order valence-corrected chi connectivity index (χ1v) is 13.3. The van der Waals surface area contributed by atoms with E-state index in [4.69, 9.17) is 10.8 Å². The Morgan fingerprint density at radius 3 is 2.69 bits per heavy atom. The van der Waals surface area contributed by atoms with Gasteiger partial charge in [-0.25, -0.2) is 14.7 Å². The molecule has 0 aliphatic carbocycles. The number of hydrogen-bond acceptors (Lipinski definition) is 15. The lowest BCUT2D eigenvalue weighted by Gasteiger charge is -2.49. The molecule has 0 spiro atoms. The number of carbonyl (C=O) groups excluding carboxylic acids is 2. The van der Waals surface area contributed by atoms with Crippen LogP contribution in [0.1, 0.15) is 5.82 Å². The zero-order valence-electron chi connectivity index (χ0n) is 19.5. The summed E-state index contributed by atoms with van der Waals surface area (Å²) in [5.74, 6) is -4.45. The number of aromatic nitrogens is 5. The van der Waals surface area contributed by atoms with E-state index >= 15 is 0 Å². The van der Waals surface area contributed by atoms with E-state index in [2.05, 4.69) is 34.9 Å². The molecule has 6 N–H and O–H groups in total. The van der Waals surface area contributed by atoms with Crippen LogP contribution in [0, 0.1) is 0 Å². The second-order valence-corrected chi connectivity index (χ2v) is 10.5. The maximum Gasteiger partial charge on any atom is 0.352 e. The molecule has 2 aliphatic rings. The van der Waals surface area contributed by atoms with Gasteiger partial charge in [0.05, 0.1) is 0 Å². The minimum Gasteiger partial charge on any atom is -0.479 e. The number of amides is 2. The number of nitrogens with two attached hydrogens (primary N) is 1. The molecule has 4 heterocycles. The molecule has 0 saturated carbocycles. The van der Waals surface area contributed by atoms with E-state index in [-0.39, 0.29) is 33.3 Å². The molecule has 206 valence electrons. The van der Waals surface area contributed by atoms with Gasteiger partial charge in [0.2, 0.25) is 18.1 Å². The molecule has 2 amide bonds. The number of β-lactam (4-membered cyclic amide) rings is 1. The summed E-state index contributed by atoms with van der Waals surface area (Å²) >= 11 is 2.93. The SMILES string of the molecule is Cn1c(SCC2=C(C(=O)O)N3C(=O)C(NC(=O)/C(=N\OCC(=O)O)c4nsc(N)n4)[C@H]3SC2)n[nH]c(=O)c1=O. The minimum atomic E-state index is -1.37. The fraction of sp³-hybridized carbons (Fsp3) is 0.333. The molecule has 0 radical (unpaired) electrons. The van der Waals surface area contributed by atoms with Crippen LogP contribution in [0.25, 0.3) is 0 Å². The molecule has 2 aliphatic heterocycles. The number of aromatic amines is 1. The molecular weight excluding hydrogens is 582 g/mol. The summed E-state index contributed by atoms with van der Waals surface area (Å²) in [6.07, 6.45) is 0. The number of thioether (sulfide) groups is 2. The number of rotatable bonds is 10. The van der Waals surface area contributed by atoms with Crippen molar-refractivity contribution in [3.63, 3.8) is 0 Å². The van der Waals surface area contributed by atoms with Crippen LogP contribution in [0.2, 0.25) is 0 Å². The lowest BCUT2D eigenvalue weighted by Crippen LogP contribution is -2.71. The zero-order valence-corrected chi connectivity index (χ0v) is 22.0. The minimum absolute atomic E-state index is 0.00349. The summed E-state index contributed by atoms with van der Waals surface area (Å²) in [5.41, 5.74) is 3.37. The van der Waals surface area contributed by atoms with Crippen molar-refractivity contribution in [2.24, 2.45) is 12.2 Å². The van der Waals surface area contributed by atoms with E-state index in [9.17, 15) is 33.9 Å². The maximum absolute atomic E-state index is 13.0. The van der Waals surface area contributed by atoms with E-state index in [1.165, 1.54) is 18.8 Å². The Balaban J connectivity index is 1.51. The molecule has 1 saturated heterocycles. The summed E-state index contributed by atoms with van der Waals surface area (Å²) in [6.45, 7) is -0.860. The van der Waals surface area contributed by atoms with Gasteiger partial charge in [0, 0.05) is 30.1 Å². The number of aliphatic carboxylic acids is 2. The Morgan fingerprint density at radius 2 is 2.05 bits per heavy atom. The molecule has 2 aromatic heterocycles. The number of nitrogens with one attached hydrogen (secondary N) is 2. The third kappa shape index (κ3) is 5.63. The molecule has 1 unspecified atom stereocenters. The van der Waals surface area contributed by atoms with Crippen molar-refractivity contribution in [1.82, 2.24) is 34.3 Å². The molecule has 18 nitrogen and oxygen atoms in total. The Morgan fingerprint density at radius 1 is 1.31 bits per heavy atom. The predicted molar refractivity (Wildman–Crippen MR) is 135 cm³/mol. The largest absolute Gasteiger partial charge is 0.479 e. The lowest BCUT2D eigenvalue weighted by atomic mass is 10.0. The van der Waals surface area contributed by atoms with Crippen LogP contribution < -0.4 is 22.2 Å². The van der Waals surface area contributed by atoms with Crippen molar-refractivity contribution < 1.29 is 34.2 Å². The molecule has 1 fully saturated rings. The third-order valence-corrected chi connectivity index (χ3v) is 8.16. The first-order chi connectivity index (χ1) is 18.5. The molecule has 39 heavy (non-hydrogen) atoms. The van der Waals surface area contributed by atoms with Gasteiger partial charge in [0.25, 0.3) is 11.8 Å². The fourth-order valence-corrected chi connectivity index (χ4v) is 6.25. The third-order valence-electron chi connectivity index (χ3n) is 5.16. The van der Waals surface area contributed by atoms with Gasteiger partial charge in [-0.05, 0) is 5.57 Å². The predicted octanol–water partition coefficient (Wildman–Crippen LogP) is -2.76. The molecule has 2 aromatic rings. The monoisotopic (exact) mass is 599 g/mol. The Hall–Kier alpha value is -4.24. The molecule has 0 aromatic carbocycles. The van der Waals surface area contributed by atoms with Crippen molar-refractivity contribution in [3.05, 3.63) is 37.8 Å². The van der Waals surface area contributed by atoms with Gasteiger partial charge in [0.1, 0.15) is 17.1 Å². The average Bonchev–Trinajstić information content (AvgIpc) is 3.32. The second-order valence-electron chi connectivity index (χ2n) is 7.67. The maximum atomic E-state index is 13.0. The Kier molecular flexibility index (Phi) is 8.01. The summed E-state index contributed by atoms with van der Waals surface area (Å²) < 4.78 is 4.87. The highest BCUT2D eigenvalue weighted by molar-refractivity contribution is 8.01. The van der Waals surface area contributed by atoms with Gasteiger partial charge < -0.3 is 26.1 Å². The number of fused-ring (bicyclic) bond motifs is 1. The van der Waals surface area contributed by atoms with Gasteiger partial charge >= 0.3 is 23.1 Å². The van der Waals surface area contributed by atoms with Crippen LogP contribution in [-0.4, -0.2) is 98.2 Å². The van der Waals surface area contributed by atoms with E-state index in [1.54, 1.807) is 0 Å². The molecule has 0 bridgehead atoms. The zero-order chi connectivity index (χ0) is 28.4. The van der Waals surface area contributed by atoms with Crippen LogP contribution in [0.4, 0.5) is 5.13 Å². The van der Waals surface area contributed by atoms with Gasteiger partial charge in [0.15, 0.2) is 10.3 Å². The van der Waals surface area contributed by atoms with Crippen molar-refractivity contribution >= 4 is 69.7 Å². The van der Waals surface area contributed by atoms with Crippen LogP contribution in [0.3, 0.4) is 0 Å². The lowest BCUT2D eigenvalue weighted by molar-refractivity contribution is -0.150. The first kappa shape index (κ1) is 27.8.